The lowest BCUT2D eigenvalue weighted by atomic mass is 10.1. The van der Waals surface area contributed by atoms with Crippen LogP contribution in [0.5, 0.6) is 0 Å². The number of guanidine groups is 1. The Balaban J connectivity index is 1.81. The molecule has 26 heavy (non-hydrogen) atoms. The van der Waals surface area contributed by atoms with Crippen molar-refractivity contribution in [2.45, 2.75) is 23.6 Å². The maximum absolute atomic E-state index is 11.7. The van der Waals surface area contributed by atoms with Gasteiger partial charge >= 0.3 is 0 Å². The number of nitrogens with one attached hydrogen (secondary N) is 3. The van der Waals surface area contributed by atoms with Gasteiger partial charge in [-0.3, -0.25) is 9.79 Å². The molecule has 2 aromatic rings. The van der Waals surface area contributed by atoms with Crippen molar-refractivity contribution in [1.82, 2.24) is 16.0 Å². The maximum Gasteiger partial charge on any atom is 0.251 e. The molecule has 2 rings (SSSR count). The summed E-state index contributed by atoms with van der Waals surface area (Å²) in [6.45, 7) is 3.59. The Bertz CT molecular complexity index is 734. The van der Waals surface area contributed by atoms with Gasteiger partial charge in [0, 0.05) is 42.9 Å². The van der Waals surface area contributed by atoms with Gasteiger partial charge in [-0.15, -0.1) is 11.8 Å². The highest BCUT2D eigenvalue weighted by atomic mass is 32.2. The monoisotopic (exact) mass is 370 g/mol. The minimum absolute atomic E-state index is 0.0823. The summed E-state index contributed by atoms with van der Waals surface area (Å²) in [5, 5.41) is 9.68. The van der Waals surface area contributed by atoms with Crippen LogP contribution in [0.3, 0.4) is 0 Å². The molecule has 0 saturated carbocycles. The summed E-state index contributed by atoms with van der Waals surface area (Å²) in [7, 11) is 3.39. The molecule has 0 aliphatic carbocycles. The van der Waals surface area contributed by atoms with Crippen LogP contribution in [0.4, 0.5) is 0 Å². The predicted octanol–water partition coefficient (Wildman–Crippen LogP) is 2.89. The van der Waals surface area contributed by atoms with Gasteiger partial charge in [0.2, 0.25) is 0 Å². The fourth-order valence-corrected chi connectivity index (χ4v) is 3.33. The highest BCUT2D eigenvalue weighted by molar-refractivity contribution is 8.00. The second kappa shape index (κ2) is 10.5. The SMILES string of the molecule is CN=C(NCc1cccc(C(=O)NC)c1)NCC(C)Sc1ccccc1. The van der Waals surface area contributed by atoms with Crippen molar-refractivity contribution < 1.29 is 4.79 Å². The van der Waals surface area contributed by atoms with Gasteiger partial charge in [-0.25, -0.2) is 0 Å². The van der Waals surface area contributed by atoms with Crippen molar-refractivity contribution in [2.75, 3.05) is 20.6 Å². The Morgan fingerprint density at radius 1 is 1.12 bits per heavy atom. The van der Waals surface area contributed by atoms with Crippen LogP contribution < -0.4 is 16.0 Å². The van der Waals surface area contributed by atoms with Crippen LogP contribution in [0.2, 0.25) is 0 Å². The van der Waals surface area contributed by atoms with E-state index < -0.39 is 0 Å². The number of nitrogens with zero attached hydrogens (tertiary/aromatic N) is 1. The highest BCUT2D eigenvalue weighted by Gasteiger charge is 2.07. The first-order valence-electron chi connectivity index (χ1n) is 8.59. The molecule has 0 aromatic heterocycles. The average molecular weight is 371 g/mol. The van der Waals surface area contributed by atoms with Crippen molar-refractivity contribution >= 4 is 23.6 Å². The summed E-state index contributed by atoms with van der Waals surface area (Å²) < 4.78 is 0. The van der Waals surface area contributed by atoms with Crippen LogP contribution in [-0.2, 0) is 6.54 Å². The van der Waals surface area contributed by atoms with Crippen LogP contribution >= 0.6 is 11.8 Å². The van der Waals surface area contributed by atoms with Gasteiger partial charge in [-0.1, -0.05) is 37.3 Å². The van der Waals surface area contributed by atoms with E-state index in [1.54, 1.807) is 20.2 Å². The molecule has 138 valence electrons. The molecule has 6 heteroatoms. The zero-order valence-corrected chi connectivity index (χ0v) is 16.3. The lowest BCUT2D eigenvalue weighted by Gasteiger charge is -2.16. The topological polar surface area (TPSA) is 65.5 Å². The molecule has 2 aromatic carbocycles. The quantitative estimate of drug-likeness (QED) is 0.398. The Labute approximate surface area is 159 Å². The third-order valence-corrected chi connectivity index (χ3v) is 4.85. The number of hydrogen-bond donors (Lipinski definition) is 3. The molecule has 5 nitrogen and oxygen atoms in total. The third-order valence-electron chi connectivity index (χ3n) is 3.74. The van der Waals surface area contributed by atoms with Crippen molar-refractivity contribution in [3.63, 3.8) is 0 Å². The van der Waals surface area contributed by atoms with Gasteiger partial charge in [-0.2, -0.15) is 0 Å². The fourth-order valence-electron chi connectivity index (χ4n) is 2.39. The summed E-state index contributed by atoms with van der Waals surface area (Å²) in [5.74, 6) is 0.664. The number of amides is 1. The number of rotatable bonds is 7. The van der Waals surface area contributed by atoms with E-state index in [-0.39, 0.29) is 5.91 Å². The Kier molecular flexibility index (Phi) is 8.02. The Morgan fingerprint density at radius 2 is 1.88 bits per heavy atom. The minimum atomic E-state index is -0.0823. The van der Waals surface area contributed by atoms with Crippen LogP contribution in [0.15, 0.2) is 64.5 Å². The molecule has 0 fully saturated rings. The van der Waals surface area contributed by atoms with Gasteiger partial charge in [-0.05, 0) is 29.8 Å². The molecular formula is C20H26N4OS. The van der Waals surface area contributed by atoms with E-state index in [1.807, 2.05) is 36.0 Å². The third kappa shape index (κ3) is 6.44. The molecule has 1 unspecified atom stereocenters. The molecule has 0 heterocycles. The number of thioether (sulfide) groups is 1. The number of benzene rings is 2. The molecule has 0 aliphatic heterocycles. The molecular weight excluding hydrogens is 344 g/mol. The van der Waals surface area contributed by atoms with Crippen molar-refractivity contribution in [3.05, 3.63) is 65.7 Å². The predicted molar refractivity (Wildman–Crippen MR) is 110 cm³/mol. The molecule has 1 amide bonds. The normalized spacial score (nSPS) is 12.3. The van der Waals surface area contributed by atoms with E-state index in [4.69, 9.17) is 0 Å². The number of aliphatic imine (C=N–C) groups is 1. The van der Waals surface area contributed by atoms with Gasteiger partial charge in [0.15, 0.2) is 5.96 Å². The highest BCUT2D eigenvalue weighted by Crippen LogP contribution is 2.21. The average Bonchev–Trinajstić information content (AvgIpc) is 2.68. The fraction of sp³-hybridized carbons (Fsp3) is 0.300. The second-order valence-corrected chi connectivity index (χ2v) is 7.34. The first kappa shape index (κ1) is 19.8. The van der Waals surface area contributed by atoms with E-state index in [2.05, 4.69) is 52.1 Å². The van der Waals surface area contributed by atoms with Crippen molar-refractivity contribution in [3.8, 4) is 0 Å². The Hall–Kier alpha value is -2.47. The first-order chi connectivity index (χ1) is 12.6. The van der Waals surface area contributed by atoms with E-state index in [0.717, 1.165) is 18.1 Å². The summed E-state index contributed by atoms with van der Waals surface area (Å²) >= 11 is 1.83. The summed E-state index contributed by atoms with van der Waals surface area (Å²) in [6.07, 6.45) is 0. The van der Waals surface area contributed by atoms with Crippen LogP contribution in [0.25, 0.3) is 0 Å². The van der Waals surface area contributed by atoms with Crippen molar-refractivity contribution in [1.29, 1.82) is 0 Å². The van der Waals surface area contributed by atoms with E-state index in [0.29, 0.717) is 17.4 Å². The van der Waals surface area contributed by atoms with Gasteiger partial charge in [0.05, 0.1) is 0 Å². The molecule has 3 N–H and O–H groups in total. The zero-order valence-electron chi connectivity index (χ0n) is 15.5. The largest absolute Gasteiger partial charge is 0.355 e. The van der Waals surface area contributed by atoms with Gasteiger partial charge in [0.1, 0.15) is 0 Å². The van der Waals surface area contributed by atoms with Crippen LogP contribution in [-0.4, -0.2) is 37.8 Å². The Morgan fingerprint density at radius 3 is 2.58 bits per heavy atom. The lowest BCUT2D eigenvalue weighted by molar-refractivity contribution is 0.0963. The van der Waals surface area contributed by atoms with E-state index >= 15 is 0 Å². The standard InChI is InChI=1S/C20H26N4OS/c1-15(26-18-10-5-4-6-11-18)13-23-20(22-3)24-14-16-8-7-9-17(12-16)19(25)21-2/h4-12,15H,13-14H2,1-3H3,(H,21,25)(H2,22,23,24). The van der Waals surface area contributed by atoms with Gasteiger partial charge in [0.25, 0.3) is 5.91 Å². The molecule has 0 saturated heterocycles. The smallest absolute Gasteiger partial charge is 0.251 e. The summed E-state index contributed by atoms with van der Waals surface area (Å²) in [6, 6.07) is 17.9. The second-order valence-electron chi connectivity index (χ2n) is 5.83. The lowest BCUT2D eigenvalue weighted by Crippen LogP contribution is -2.39. The minimum Gasteiger partial charge on any atom is -0.355 e. The molecule has 0 bridgehead atoms. The van der Waals surface area contributed by atoms with Crippen LogP contribution in [0, 0.1) is 0 Å². The van der Waals surface area contributed by atoms with E-state index in [9.17, 15) is 4.79 Å². The molecule has 0 spiro atoms. The van der Waals surface area contributed by atoms with Crippen molar-refractivity contribution in [2.24, 2.45) is 4.99 Å². The molecule has 0 aliphatic rings. The summed E-state index contributed by atoms with van der Waals surface area (Å²) in [5.41, 5.74) is 1.68. The number of carbonyl (C=O) groups excluding carboxylic acids is 1. The van der Waals surface area contributed by atoms with Gasteiger partial charge < -0.3 is 16.0 Å². The maximum atomic E-state index is 11.7. The van der Waals surface area contributed by atoms with E-state index in [1.165, 1.54) is 4.90 Å². The molecule has 1 atom stereocenters. The van der Waals surface area contributed by atoms with Crippen LogP contribution in [0.1, 0.15) is 22.8 Å². The summed E-state index contributed by atoms with van der Waals surface area (Å²) in [4.78, 5) is 17.2. The number of hydrogen-bond acceptors (Lipinski definition) is 3. The zero-order chi connectivity index (χ0) is 18.8. The number of carbonyl (C=O) groups is 1. The molecule has 0 radical (unpaired) electrons. The first-order valence-corrected chi connectivity index (χ1v) is 9.47.